The summed E-state index contributed by atoms with van der Waals surface area (Å²) < 4.78 is 13.1. The van der Waals surface area contributed by atoms with Gasteiger partial charge in [-0.3, -0.25) is 14.5 Å². The molecule has 2 amide bonds. The van der Waals surface area contributed by atoms with E-state index in [-0.39, 0.29) is 29.8 Å². The second-order valence-electron chi connectivity index (χ2n) is 5.06. The van der Waals surface area contributed by atoms with Crippen LogP contribution in [0.1, 0.15) is 32.3 Å². The molecule has 0 spiro atoms. The van der Waals surface area contributed by atoms with Gasteiger partial charge in [0.1, 0.15) is 17.9 Å². The van der Waals surface area contributed by atoms with Crippen LogP contribution < -0.4 is 5.32 Å². The fourth-order valence-corrected chi connectivity index (χ4v) is 2.33. The molecule has 1 aromatic rings. The molecular weight excluding hydrogens is 273 g/mol. The largest absolute Gasteiger partial charge is 0.372 e. The Kier molecular flexibility index (Phi) is 4.22. The van der Waals surface area contributed by atoms with Crippen molar-refractivity contribution in [2.24, 2.45) is 0 Å². The molecule has 2 atom stereocenters. The van der Waals surface area contributed by atoms with E-state index < -0.39 is 11.9 Å². The minimum atomic E-state index is -0.705. The highest BCUT2D eigenvalue weighted by molar-refractivity contribution is 6.07. The number of halogens is 1. The van der Waals surface area contributed by atoms with Gasteiger partial charge in [0.05, 0.1) is 17.7 Å². The highest BCUT2D eigenvalue weighted by Crippen LogP contribution is 2.23. The molecule has 2 rings (SSSR count). The van der Waals surface area contributed by atoms with Crippen LogP contribution in [-0.4, -0.2) is 28.8 Å². The normalized spacial score (nSPS) is 19.5. The van der Waals surface area contributed by atoms with Gasteiger partial charge in [-0.2, -0.15) is 5.26 Å². The number of anilines is 1. The minimum absolute atomic E-state index is 0.0470. The lowest BCUT2D eigenvalue weighted by Gasteiger charge is -2.22. The van der Waals surface area contributed by atoms with Crippen molar-refractivity contribution in [1.29, 1.82) is 5.26 Å². The lowest BCUT2D eigenvalue weighted by molar-refractivity contribution is -0.140. The van der Waals surface area contributed by atoms with E-state index in [1.807, 2.05) is 19.9 Å². The molecule has 0 aromatic heterocycles. The first-order chi connectivity index (χ1) is 9.97. The molecule has 0 saturated carbocycles. The van der Waals surface area contributed by atoms with Crippen LogP contribution in [0.5, 0.6) is 0 Å². The topological polar surface area (TPSA) is 73.2 Å². The number of rotatable bonds is 4. The van der Waals surface area contributed by atoms with Crippen LogP contribution in [0, 0.1) is 17.1 Å². The molecule has 6 heteroatoms. The second kappa shape index (κ2) is 5.92. The van der Waals surface area contributed by atoms with Crippen LogP contribution in [0.2, 0.25) is 0 Å². The van der Waals surface area contributed by atoms with Crippen LogP contribution in [-0.2, 0) is 9.59 Å². The summed E-state index contributed by atoms with van der Waals surface area (Å²) in [5.41, 5.74) is 0.466. The van der Waals surface area contributed by atoms with Gasteiger partial charge in [-0.15, -0.1) is 0 Å². The van der Waals surface area contributed by atoms with E-state index in [1.54, 1.807) is 0 Å². The summed E-state index contributed by atoms with van der Waals surface area (Å²) in [6, 6.07) is 4.71. The molecule has 1 aromatic carbocycles. The monoisotopic (exact) mass is 289 g/mol. The predicted molar refractivity (Wildman–Crippen MR) is 74.7 cm³/mol. The lowest BCUT2D eigenvalue weighted by atomic mass is 10.1. The first-order valence-electron chi connectivity index (χ1n) is 6.80. The zero-order valence-corrected chi connectivity index (χ0v) is 11.9. The quantitative estimate of drug-likeness (QED) is 0.861. The van der Waals surface area contributed by atoms with Gasteiger partial charge in [0, 0.05) is 6.04 Å². The fraction of sp³-hybridized carbons (Fsp3) is 0.400. The Morgan fingerprint density at radius 2 is 2.24 bits per heavy atom. The zero-order valence-electron chi connectivity index (χ0n) is 11.9. The number of hydrogen-bond acceptors (Lipinski definition) is 4. The highest BCUT2D eigenvalue weighted by atomic mass is 19.1. The van der Waals surface area contributed by atoms with Gasteiger partial charge in [0.15, 0.2) is 0 Å². The Morgan fingerprint density at radius 3 is 2.86 bits per heavy atom. The van der Waals surface area contributed by atoms with Gasteiger partial charge < -0.3 is 5.32 Å². The lowest BCUT2D eigenvalue weighted by Crippen LogP contribution is -2.40. The highest BCUT2D eigenvalue weighted by Gasteiger charge is 2.40. The summed E-state index contributed by atoms with van der Waals surface area (Å²) in [4.78, 5) is 25.5. The molecule has 0 aliphatic carbocycles. The number of nitriles is 1. The summed E-state index contributed by atoms with van der Waals surface area (Å²) in [6.07, 6.45) is 0.732. The number of amides is 2. The van der Waals surface area contributed by atoms with E-state index in [0.717, 1.165) is 6.07 Å². The van der Waals surface area contributed by atoms with E-state index in [9.17, 15) is 14.0 Å². The number of benzene rings is 1. The average Bonchev–Trinajstić information content (AvgIpc) is 2.74. The number of imide groups is 1. The minimum Gasteiger partial charge on any atom is -0.372 e. The maximum absolute atomic E-state index is 13.1. The van der Waals surface area contributed by atoms with Gasteiger partial charge >= 0.3 is 0 Å². The molecule has 110 valence electrons. The van der Waals surface area contributed by atoms with Crippen molar-refractivity contribution in [3.05, 3.63) is 29.6 Å². The van der Waals surface area contributed by atoms with Crippen molar-refractivity contribution >= 4 is 17.5 Å². The molecular formula is C15H16FN3O2. The first kappa shape index (κ1) is 15.0. The number of carbonyl (C=O) groups excluding carboxylic acids is 2. The van der Waals surface area contributed by atoms with Gasteiger partial charge in [-0.05, 0) is 31.5 Å². The Hall–Kier alpha value is -2.42. The number of carbonyl (C=O) groups is 2. The molecule has 1 heterocycles. The summed E-state index contributed by atoms with van der Waals surface area (Å²) in [7, 11) is 0. The molecule has 1 aliphatic rings. The summed E-state index contributed by atoms with van der Waals surface area (Å²) in [5.74, 6) is -1.05. The zero-order chi connectivity index (χ0) is 15.6. The molecule has 1 saturated heterocycles. The molecule has 2 unspecified atom stereocenters. The van der Waals surface area contributed by atoms with E-state index in [4.69, 9.17) is 5.26 Å². The van der Waals surface area contributed by atoms with Crippen LogP contribution in [0.15, 0.2) is 18.2 Å². The number of nitrogens with zero attached hydrogens (tertiary/aromatic N) is 2. The number of nitrogens with one attached hydrogen (secondary N) is 1. The van der Waals surface area contributed by atoms with Crippen LogP contribution in [0.25, 0.3) is 0 Å². The Labute approximate surface area is 122 Å². The predicted octanol–water partition coefficient (Wildman–Crippen LogP) is 2.04. The van der Waals surface area contributed by atoms with Gasteiger partial charge in [0.2, 0.25) is 5.91 Å². The standard InChI is InChI=1S/C15H16FN3O2/c1-3-9(2)19-14(20)7-13(15(19)21)18-12-5-4-11(16)6-10(12)8-17/h4-6,9,13,18H,3,7H2,1-2H3. The van der Waals surface area contributed by atoms with Crippen molar-refractivity contribution in [3.8, 4) is 6.07 Å². The van der Waals surface area contributed by atoms with Gasteiger partial charge in [-0.1, -0.05) is 6.92 Å². The summed E-state index contributed by atoms with van der Waals surface area (Å²) >= 11 is 0. The molecule has 5 nitrogen and oxygen atoms in total. The Morgan fingerprint density at radius 1 is 1.52 bits per heavy atom. The SMILES string of the molecule is CCC(C)N1C(=O)CC(Nc2ccc(F)cc2C#N)C1=O. The van der Waals surface area contributed by atoms with Crippen LogP contribution in [0.3, 0.4) is 0 Å². The Bertz CT molecular complexity index is 624. The number of hydrogen-bond donors (Lipinski definition) is 1. The summed E-state index contributed by atoms with van der Waals surface area (Å²) in [5, 5.41) is 11.9. The molecule has 0 bridgehead atoms. The van der Waals surface area contributed by atoms with Gasteiger partial charge in [0.25, 0.3) is 5.91 Å². The fourth-order valence-electron chi connectivity index (χ4n) is 2.33. The van der Waals surface area contributed by atoms with Crippen molar-refractivity contribution in [1.82, 2.24) is 4.90 Å². The van der Waals surface area contributed by atoms with Crippen LogP contribution in [0.4, 0.5) is 10.1 Å². The van der Waals surface area contributed by atoms with Crippen molar-refractivity contribution in [2.75, 3.05) is 5.32 Å². The van der Waals surface area contributed by atoms with Gasteiger partial charge in [-0.25, -0.2) is 4.39 Å². The third-order valence-corrected chi connectivity index (χ3v) is 3.65. The van der Waals surface area contributed by atoms with E-state index in [0.29, 0.717) is 12.1 Å². The maximum Gasteiger partial charge on any atom is 0.252 e. The molecule has 1 fully saturated rings. The molecule has 21 heavy (non-hydrogen) atoms. The molecule has 1 aliphatic heterocycles. The third-order valence-electron chi connectivity index (χ3n) is 3.65. The van der Waals surface area contributed by atoms with Crippen LogP contribution >= 0.6 is 0 Å². The molecule has 0 radical (unpaired) electrons. The number of likely N-dealkylation sites (tertiary alicyclic amines) is 1. The average molecular weight is 289 g/mol. The third kappa shape index (κ3) is 2.87. The molecule has 1 N–H and O–H groups in total. The van der Waals surface area contributed by atoms with Crippen molar-refractivity contribution < 1.29 is 14.0 Å². The van der Waals surface area contributed by atoms with E-state index >= 15 is 0 Å². The van der Waals surface area contributed by atoms with E-state index in [1.165, 1.54) is 17.0 Å². The van der Waals surface area contributed by atoms with E-state index in [2.05, 4.69) is 5.32 Å². The summed E-state index contributed by atoms with van der Waals surface area (Å²) in [6.45, 7) is 3.72. The Balaban J connectivity index is 2.20. The first-order valence-corrected chi connectivity index (χ1v) is 6.80. The van der Waals surface area contributed by atoms with Crippen molar-refractivity contribution in [2.45, 2.75) is 38.8 Å². The maximum atomic E-state index is 13.1. The smallest absolute Gasteiger partial charge is 0.252 e. The van der Waals surface area contributed by atoms with Crippen molar-refractivity contribution in [3.63, 3.8) is 0 Å². The second-order valence-corrected chi connectivity index (χ2v) is 5.06.